The Labute approximate surface area is 90.0 Å². The van der Waals surface area contributed by atoms with Gasteiger partial charge in [0.15, 0.2) is 0 Å². The molecule has 0 aromatic heterocycles. The summed E-state index contributed by atoms with van der Waals surface area (Å²) >= 11 is 0. The van der Waals surface area contributed by atoms with Gasteiger partial charge in [0.05, 0.1) is 6.04 Å². The van der Waals surface area contributed by atoms with E-state index in [9.17, 15) is 4.79 Å². The van der Waals surface area contributed by atoms with Gasteiger partial charge in [0.1, 0.15) is 6.10 Å². The number of nitrogens with zero attached hydrogens (tertiary/aromatic N) is 1. The van der Waals surface area contributed by atoms with E-state index in [1.807, 2.05) is 4.90 Å². The third kappa shape index (κ3) is 1.51. The van der Waals surface area contributed by atoms with Gasteiger partial charge in [-0.15, -0.1) is 0 Å². The molecule has 2 atom stereocenters. The lowest BCUT2D eigenvalue weighted by Gasteiger charge is -2.33. The molecule has 2 unspecified atom stereocenters. The van der Waals surface area contributed by atoms with Crippen molar-refractivity contribution < 1.29 is 9.53 Å². The molecule has 84 valence electrons. The highest BCUT2D eigenvalue weighted by Crippen LogP contribution is 2.35. The van der Waals surface area contributed by atoms with Gasteiger partial charge in [-0.05, 0) is 45.2 Å². The first kappa shape index (κ1) is 9.46. The molecule has 0 bridgehead atoms. The zero-order valence-corrected chi connectivity index (χ0v) is 8.95. The SMILES string of the molecule is O=C1OC2CCCC2N1C1CCNCC1. The molecule has 1 saturated carbocycles. The van der Waals surface area contributed by atoms with Crippen LogP contribution in [0.25, 0.3) is 0 Å². The van der Waals surface area contributed by atoms with E-state index in [1.54, 1.807) is 0 Å². The molecule has 0 radical (unpaired) electrons. The third-order valence-electron chi connectivity index (χ3n) is 3.94. The summed E-state index contributed by atoms with van der Waals surface area (Å²) in [7, 11) is 0. The van der Waals surface area contributed by atoms with Gasteiger partial charge in [-0.1, -0.05) is 0 Å². The Bertz CT molecular complexity index is 263. The number of ether oxygens (including phenoxy) is 1. The number of nitrogens with one attached hydrogen (secondary N) is 1. The topological polar surface area (TPSA) is 41.6 Å². The molecule has 2 heterocycles. The average Bonchev–Trinajstić information content (AvgIpc) is 2.78. The van der Waals surface area contributed by atoms with Crippen LogP contribution < -0.4 is 5.32 Å². The molecule has 3 rings (SSSR count). The van der Waals surface area contributed by atoms with Gasteiger partial charge < -0.3 is 10.1 Å². The van der Waals surface area contributed by atoms with Crippen LogP contribution in [0.3, 0.4) is 0 Å². The van der Waals surface area contributed by atoms with E-state index < -0.39 is 0 Å². The number of fused-ring (bicyclic) bond motifs is 1. The van der Waals surface area contributed by atoms with E-state index >= 15 is 0 Å². The second-order valence-electron chi connectivity index (χ2n) is 4.81. The van der Waals surface area contributed by atoms with Crippen molar-refractivity contribution in [3.05, 3.63) is 0 Å². The maximum Gasteiger partial charge on any atom is 0.410 e. The highest BCUT2D eigenvalue weighted by molar-refractivity contribution is 5.71. The fourth-order valence-corrected chi connectivity index (χ4v) is 3.19. The smallest absolute Gasteiger partial charge is 0.410 e. The molecule has 1 amide bonds. The normalized spacial score (nSPS) is 36.8. The molecule has 1 aliphatic carbocycles. The second-order valence-corrected chi connectivity index (χ2v) is 4.81. The summed E-state index contributed by atoms with van der Waals surface area (Å²) in [5.41, 5.74) is 0. The molecular weight excluding hydrogens is 192 g/mol. The van der Waals surface area contributed by atoms with E-state index in [0.29, 0.717) is 12.1 Å². The minimum Gasteiger partial charge on any atom is -0.444 e. The monoisotopic (exact) mass is 210 g/mol. The quantitative estimate of drug-likeness (QED) is 0.705. The zero-order valence-electron chi connectivity index (χ0n) is 8.95. The molecule has 1 N–H and O–H groups in total. The van der Waals surface area contributed by atoms with Crippen molar-refractivity contribution in [3.63, 3.8) is 0 Å². The van der Waals surface area contributed by atoms with Gasteiger partial charge in [0.25, 0.3) is 0 Å². The lowest BCUT2D eigenvalue weighted by atomic mass is 10.0. The van der Waals surface area contributed by atoms with Crippen molar-refractivity contribution in [2.45, 2.75) is 50.3 Å². The molecule has 0 spiro atoms. The maximum atomic E-state index is 11.8. The Kier molecular flexibility index (Phi) is 2.31. The standard InChI is InChI=1S/C11H18N2O2/c14-11-13(8-4-6-12-7-5-8)9-2-1-3-10(9)15-11/h8-10,12H,1-7H2. The summed E-state index contributed by atoms with van der Waals surface area (Å²) in [5, 5.41) is 3.33. The van der Waals surface area contributed by atoms with Crippen LogP contribution in [0.5, 0.6) is 0 Å². The Morgan fingerprint density at radius 2 is 2.00 bits per heavy atom. The van der Waals surface area contributed by atoms with Gasteiger partial charge in [-0.25, -0.2) is 4.79 Å². The number of hydrogen-bond acceptors (Lipinski definition) is 3. The fraction of sp³-hybridized carbons (Fsp3) is 0.909. The molecule has 15 heavy (non-hydrogen) atoms. The summed E-state index contributed by atoms with van der Waals surface area (Å²) in [5.74, 6) is 0. The highest BCUT2D eigenvalue weighted by Gasteiger charge is 2.47. The summed E-state index contributed by atoms with van der Waals surface area (Å²) < 4.78 is 5.42. The maximum absolute atomic E-state index is 11.8. The van der Waals surface area contributed by atoms with Crippen LogP contribution in [0.1, 0.15) is 32.1 Å². The van der Waals surface area contributed by atoms with Crippen molar-refractivity contribution in [2.75, 3.05) is 13.1 Å². The van der Waals surface area contributed by atoms with Crippen LogP contribution in [-0.4, -0.2) is 42.3 Å². The lowest BCUT2D eigenvalue weighted by molar-refractivity contribution is 0.121. The molecule has 2 saturated heterocycles. The van der Waals surface area contributed by atoms with Crippen molar-refractivity contribution in [1.82, 2.24) is 10.2 Å². The van der Waals surface area contributed by atoms with E-state index in [4.69, 9.17) is 4.74 Å². The number of amides is 1. The molecule has 3 fully saturated rings. The van der Waals surface area contributed by atoms with Crippen LogP contribution >= 0.6 is 0 Å². The molecule has 0 aromatic rings. The van der Waals surface area contributed by atoms with Crippen LogP contribution in [0, 0.1) is 0 Å². The Morgan fingerprint density at radius 1 is 1.20 bits per heavy atom. The first-order chi connectivity index (χ1) is 7.36. The van der Waals surface area contributed by atoms with Crippen LogP contribution in [-0.2, 0) is 4.74 Å². The summed E-state index contributed by atoms with van der Waals surface area (Å²) in [6.45, 7) is 2.07. The zero-order chi connectivity index (χ0) is 10.3. The number of carbonyl (C=O) groups excluding carboxylic acids is 1. The minimum absolute atomic E-state index is 0.0587. The van der Waals surface area contributed by atoms with Gasteiger partial charge in [0, 0.05) is 6.04 Å². The first-order valence-electron chi connectivity index (χ1n) is 6.06. The Hall–Kier alpha value is -0.770. The summed E-state index contributed by atoms with van der Waals surface area (Å²) in [4.78, 5) is 13.8. The van der Waals surface area contributed by atoms with Crippen molar-refractivity contribution in [2.24, 2.45) is 0 Å². The third-order valence-corrected chi connectivity index (χ3v) is 3.94. The number of piperidine rings is 1. The van der Waals surface area contributed by atoms with Crippen molar-refractivity contribution >= 4 is 6.09 Å². The molecule has 0 aromatic carbocycles. The van der Waals surface area contributed by atoms with Crippen molar-refractivity contribution in [1.29, 1.82) is 0 Å². The predicted molar refractivity (Wildman–Crippen MR) is 55.6 cm³/mol. The Balaban J connectivity index is 1.75. The summed E-state index contributed by atoms with van der Waals surface area (Å²) in [6, 6.07) is 0.812. The molecular formula is C11H18N2O2. The van der Waals surface area contributed by atoms with Gasteiger partial charge >= 0.3 is 6.09 Å². The highest BCUT2D eigenvalue weighted by atomic mass is 16.6. The fourth-order valence-electron chi connectivity index (χ4n) is 3.19. The van der Waals surface area contributed by atoms with Crippen LogP contribution in [0.4, 0.5) is 4.79 Å². The largest absolute Gasteiger partial charge is 0.444 e. The number of rotatable bonds is 1. The van der Waals surface area contributed by atoms with E-state index in [2.05, 4.69) is 5.32 Å². The van der Waals surface area contributed by atoms with E-state index in [1.165, 1.54) is 6.42 Å². The lowest BCUT2D eigenvalue weighted by Crippen LogP contribution is -2.47. The molecule has 2 aliphatic heterocycles. The summed E-state index contributed by atoms with van der Waals surface area (Å²) in [6.07, 6.45) is 5.72. The van der Waals surface area contributed by atoms with Crippen LogP contribution in [0.15, 0.2) is 0 Å². The number of hydrogen-bond donors (Lipinski definition) is 1. The van der Waals surface area contributed by atoms with Gasteiger partial charge in [-0.3, -0.25) is 4.90 Å². The van der Waals surface area contributed by atoms with Crippen LogP contribution in [0.2, 0.25) is 0 Å². The minimum atomic E-state index is -0.0587. The molecule has 4 nitrogen and oxygen atoms in total. The predicted octanol–water partition coefficient (Wildman–Crippen LogP) is 1.11. The van der Waals surface area contributed by atoms with Gasteiger partial charge in [-0.2, -0.15) is 0 Å². The van der Waals surface area contributed by atoms with Crippen molar-refractivity contribution in [3.8, 4) is 0 Å². The van der Waals surface area contributed by atoms with E-state index in [0.717, 1.165) is 38.8 Å². The molecule has 3 aliphatic rings. The Morgan fingerprint density at radius 3 is 2.80 bits per heavy atom. The van der Waals surface area contributed by atoms with E-state index in [-0.39, 0.29) is 12.2 Å². The van der Waals surface area contributed by atoms with Gasteiger partial charge in [0.2, 0.25) is 0 Å². The average molecular weight is 210 g/mol. The molecule has 4 heteroatoms. The first-order valence-corrected chi connectivity index (χ1v) is 6.06. The second kappa shape index (κ2) is 3.67. The number of carbonyl (C=O) groups is 1.